The summed E-state index contributed by atoms with van der Waals surface area (Å²) in [6.45, 7) is 0.164. The first-order chi connectivity index (χ1) is 13.5. The highest BCUT2D eigenvalue weighted by atomic mass is 32.1. The number of nitrogens with zero attached hydrogens (tertiary/aromatic N) is 3. The lowest BCUT2D eigenvalue weighted by Crippen LogP contribution is -2.22. The van der Waals surface area contributed by atoms with Crippen molar-refractivity contribution in [3.8, 4) is 22.6 Å². The van der Waals surface area contributed by atoms with Crippen LogP contribution in [0, 0.1) is 16.5 Å². The number of hydrogen-bond donors (Lipinski definition) is 1. The molecule has 140 valence electrons. The highest BCUT2D eigenvalue weighted by molar-refractivity contribution is 7.71. The molecule has 0 aliphatic carbocycles. The molecule has 0 amide bonds. The Labute approximate surface area is 162 Å². The zero-order valence-corrected chi connectivity index (χ0v) is 15.0. The van der Waals surface area contributed by atoms with Gasteiger partial charge < -0.3 is 4.52 Å². The molecule has 1 N–H and O–H groups in total. The van der Waals surface area contributed by atoms with Gasteiger partial charge in [-0.1, -0.05) is 18.2 Å². The monoisotopic (exact) mass is 398 g/mol. The van der Waals surface area contributed by atoms with E-state index in [9.17, 15) is 13.6 Å². The van der Waals surface area contributed by atoms with Crippen molar-refractivity contribution in [3.05, 3.63) is 87.0 Å². The van der Waals surface area contributed by atoms with Crippen LogP contribution in [0.4, 0.5) is 8.78 Å². The van der Waals surface area contributed by atoms with Gasteiger partial charge in [-0.25, -0.2) is 18.6 Å². The van der Waals surface area contributed by atoms with Crippen LogP contribution in [0.25, 0.3) is 22.6 Å². The van der Waals surface area contributed by atoms with Gasteiger partial charge in [-0.3, -0.25) is 4.79 Å². The minimum absolute atomic E-state index is 0.0910. The van der Waals surface area contributed by atoms with Crippen LogP contribution in [0.1, 0.15) is 5.56 Å². The summed E-state index contributed by atoms with van der Waals surface area (Å²) in [6, 6.07) is 13.1. The van der Waals surface area contributed by atoms with Crippen molar-refractivity contribution >= 4 is 12.2 Å². The van der Waals surface area contributed by atoms with Gasteiger partial charge in [0.25, 0.3) is 5.56 Å². The second-order valence-corrected chi connectivity index (χ2v) is 6.35. The van der Waals surface area contributed by atoms with Crippen molar-refractivity contribution in [1.29, 1.82) is 0 Å². The molecule has 4 rings (SSSR count). The third-order valence-corrected chi connectivity index (χ3v) is 4.17. The molecule has 9 heteroatoms. The van der Waals surface area contributed by atoms with E-state index in [-0.39, 0.29) is 28.2 Å². The molecule has 2 heterocycles. The van der Waals surface area contributed by atoms with Crippen LogP contribution in [0.3, 0.4) is 0 Å². The lowest BCUT2D eigenvalue weighted by Gasteiger charge is -2.08. The number of aromatic amines is 1. The average Bonchev–Trinajstić information content (AvgIpc) is 3.09. The number of rotatable bonds is 4. The van der Waals surface area contributed by atoms with Crippen LogP contribution in [0.15, 0.2) is 63.9 Å². The first-order valence-electron chi connectivity index (χ1n) is 8.17. The van der Waals surface area contributed by atoms with Crippen molar-refractivity contribution in [2.24, 2.45) is 0 Å². The van der Waals surface area contributed by atoms with E-state index in [0.29, 0.717) is 5.82 Å². The summed E-state index contributed by atoms with van der Waals surface area (Å²) >= 11 is 4.85. The smallest absolute Gasteiger partial charge is 0.314 e. The molecule has 0 bridgehead atoms. The fraction of sp³-hybridized carbons (Fsp3) is 0.0526. The summed E-state index contributed by atoms with van der Waals surface area (Å²) < 4.78 is 33.1. The van der Waals surface area contributed by atoms with E-state index in [2.05, 4.69) is 15.2 Å². The Morgan fingerprint density at radius 2 is 1.82 bits per heavy atom. The van der Waals surface area contributed by atoms with Crippen molar-refractivity contribution in [1.82, 2.24) is 19.9 Å². The third-order valence-electron chi connectivity index (χ3n) is 4.00. The topological polar surface area (TPSA) is 76.7 Å². The standard InChI is InChI=1S/C19H12F2N4O2S/c20-14-7-13(8-15(21)9-14)16-4-5-17(26)25(23-16)10-11-2-1-3-12(6-11)18-22-19(28)27-24-18/h1-9H,10H2,(H,22,24,28). The normalized spacial score (nSPS) is 10.9. The van der Waals surface area contributed by atoms with Crippen LogP contribution in [-0.4, -0.2) is 19.9 Å². The van der Waals surface area contributed by atoms with Crippen molar-refractivity contribution < 1.29 is 13.3 Å². The van der Waals surface area contributed by atoms with E-state index in [1.165, 1.54) is 16.8 Å². The molecular weight excluding hydrogens is 386 g/mol. The molecule has 0 unspecified atom stereocenters. The van der Waals surface area contributed by atoms with Crippen molar-refractivity contribution in [2.45, 2.75) is 6.54 Å². The summed E-state index contributed by atoms with van der Waals surface area (Å²) in [5.74, 6) is -0.962. The molecule has 4 aromatic rings. The Morgan fingerprint density at radius 1 is 1.04 bits per heavy atom. The van der Waals surface area contributed by atoms with Crippen molar-refractivity contribution in [2.75, 3.05) is 0 Å². The lowest BCUT2D eigenvalue weighted by molar-refractivity contribution is 0.406. The second-order valence-electron chi connectivity index (χ2n) is 6.00. The summed E-state index contributed by atoms with van der Waals surface area (Å²) in [5, 5.41) is 6.86. The maximum absolute atomic E-state index is 13.5. The molecule has 0 saturated heterocycles. The maximum atomic E-state index is 13.5. The molecule has 0 radical (unpaired) electrons. The number of benzene rings is 2. The number of H-pyrrole nitrogens is 1. The van der Waals surface area contributed by atoms with Gasteiger partial charge in [-0.15, -0.1) is 0 Å². The lowest BCUT2D eigenvalue weighted by atomic mass is 10.1. The molecular formula is C19H12F2N4O2S. The quantitative estimate of drug-likeness (QED) is 0.527. The van der Waals surface area contributed by atoms with E-state index in [1.54, 1.807) is 6.07 Å². The Balaban J connectivity index is 1.69. The first-order valence-corrected chi connectivity index (χ1v) is 8.58. The van der Waals surface area contributed by atoms with Gasteiger partial charge in [-0.05, 0) is 42.0 Å². The third kappa shape index (κ3) is 3.79. The molecule has 0 fully saturated rings. The molecule has 2 aromatic heterocycles. The molecule has 0 saturated carbocycles. The van der Waals surface area contributed by atoms with E-state index in [0.717, 1.165) is 29.3 Å². The average molecular weight is 398 g/mol. The van der Waals surface area contributed by atoms with Gasteiger partial charge in [0.05, 0.1) is 12.2 Å². The molecule has 0 aliphatic heterocycles. The number of aromatic nitrogens is 4. The van der Waals surface area contributed by atoms with Crippen LogP contribution < -0.4 is 5.56 Å². The number of hydrogen-bond acceptors (Lipinski definition) is 5. The molecule has 0 spiro atoms. The van der Waals surface area contributed by atoms with Crippen LogP contribution in [0.5, 0.6) is 0 Å². The predicted molar refractivity (Wildman–Crippen MR) is 100 cm³/mol. The minimum atomic E-state index is -0.716. The second kappa shape index (κ2) is 7.28. The summed E-state index contributed by atoms with van der Waals surface area (Å²) in [4.78, 5) is 16.3. The zero-order chi connectivity index (χ0) is 19.7. The summed E-state index contributed by atoms with van der Waals surface area (Å²) in [7, 11) is 0. The zero-order valence-electron chi connectivity index (χ0n) is 14.2. The first kappa shape index (κ1) is 17.9. The Morgan fingerprint density at radius 3 is 2.54 bits per heavy atom. The van der Waals surface area contributed by atoms with Gasteiger partial charge in [-0.2, -0.15) is 10.1 Å². The van der Waals surface area contributed by atoms with Gasteiger partial charge >= 0.3 is 4.84 Å². The molecule has 2 aromatic carbocycles. The molecule has 6 nitrogen and oxygen atoms in total. The van der Waals surface area contributed by atoms with E-state index in [4.69, 9.17) is 16.7 Å². The van der Waals surface area contributed by atoms with Crippen LogP contribution in [-0.2, 0) is 6.54 Å². The van der Waals surface area contributed by atoms with E-state index >= 15 is 0 Å². The van der Waals surface area contributed by atoms with Crippen LogP contribution in [0.2, 0.25) is 0 Å². The van der Waals surface area contributed by atoms with Crippen molar-refractivity contribution in [3.63, 3.8) is 0 Å². The largest absolute Gasteiger partial charge is 0.348 e. The van der Waals surface area contributed by atoms with E-state index < -0.39 is 11.6 Å². The van der Waals surface area contributed by atoms with Gasteiger partial charge in [0, 0.05) is 23.3 Å². The van der Waals surface area contributed by atoms with Gasteiger partial charge in [0.1, 0.15) is 11.6 Å². The predicted octanol–water partition coefficient (Wildman–Crippen LogP) is 3.95. The van der Waals surface area contributed by atoms with Gasteiger partial charge in [0.2, 0.25) is 0 Å². The fourth-order valence-corrected chi connectivity index (χ4v) is 2.89. The summed E-state index contributed by atoms with van der Waals surface area (Å²) in [6.07, 6.45) is 0. The SMILES string of the molecule is O=c1ccc(-c2cc(F)cc(F)c2)nn1Cc1cccc(-c2nc(=S)o[nH]2)c1. The number of nitrogens with one attached hydrogen (secondary N) is 1. The summed E-state index contributed by atoms with van der Waals surface area (Å²) in [5.41, 5.74) is 1.70. The fourth-order valence-electron chi connectivity index (χ4n) is 2.76. The number of halogens is 2. The molecule has 0 aliphatic rings. The highest BCUT2D eigenvalue weighted by Crippen LogP contribution is 2.20. The highest BCUT2D eigenvalue weighted by Gasteiger charge is 2.09. The van der Waals surface area contributed by atoms with Crippen LogP contribution >= 0.6 is 12.2 Å². The van der Waals surface area contributed by atoms with Gasteiger partial charge in [0.15, 0.2) is 5.82 Å². The van der Waals surface area contributed by atoms with E-state index in [1.807, 2.05) is 18.2 Å². The maximum Gasteiger partial charge on any atom is 0.314 e. The minimum Gasteiger partial charge on any atom is -0.348 e. The molecule has 0 atom stereocenters. The Bertz CT molecular complexity index is 1260. The Kier molecular flexibility index (Phi) is 4.66. The molecule has 28 heavy (non-hydrogen) atoms. The Hall–Kier alpha value is -3.46.